The molecule has 0 spiro atoms. The van der Waals surface area contributed by atoms with Crippen molar-refractivity contribution in [1.29, 1.82) is 0 Å². The molecule has 0 aliphatic carbocycles. The molecule has 0 unspecified atom stereocenters. The van der Waals surface area contributed by atoms with Crippen LogP contribution in [0.4, 0.5) is 4.79 Å². The van der Waals surface area contributed by atoms with Crippen LogP contribution in [0.15, 0.2) is 0 Å². The summed E-state index contributed by atoms with van der Waals surface area (Å²) in [7, 11) is 0. The second-order valence-electron chi connectivity index (χ2n) is 5.52. The predicted molar refractivity (Wildman–Crippen MR) is 80.6 cm³/mol. The van der Waals surface area contributed by atoms with Crippen LogP contribution in [0.2, 0.25) is 0 Å². The summed E-state index contributed by atoms with van der Waals surface area (Å²) in [6, 6.07) is -0.159. The highest BCUT2D eigenvalue weighted by molar-refractivity contribution is 5.83. The molecule has 22 heavy (non-hydrogen) atoms. The van der Waals surface area contributed by atoms with Gasteiger partial charge in [-0.25, -0.2) is 4.79 Å². The van der Waals surface area contributed by atoms with Crippen molar-refractivity contribution >= 4 is 11.9 Å². The Kier molecular flexibility index (Phi) is 7.41. The first-order chi connectivity index (χ1) is 10.7. The van der Waals surface area contributed by atoms with E-state index in [1.807, 2.05) is 0 Å². The third-order valence-corrected chi connectivity index (χ3v) is 3.82. The predicted octanol–water partition coefficient (Wildman–Crippen LogP) is -1.09. The molecular formula is C14H26N4O4. The molecule has 3 amide bonds. The molecule has 8 heteroatoms. The van der Waals surface area contributed by atoms with Gasteiger partial charge in [-0.1, -0.05) is 0 Å². The summed E-state index contributed by atoms with van der Waals surface area (Å²) in [6.07, 6.45) is 1.64. The average molecular weight is 314 g/mol. The fraction of sp³-hybridized carbons (Fsp3) is 0.857. The van der Waals surface area contributed by atoms with Crippen LogP contribution in [-0.4, -0.2) is 82.0 Å². The lowest BCUT2D eigenvalue weighted by Gasteiger charge is -2.26. The van der Waals surface area contributed by atoms with Gasteiger partial charge in [0.1, 0.15) is 0 Å². The van der Waals surface area contributed by atoms with Crippen molar-refractivity contribution in [2.75, 3.05) is 59.2 Å². The highest BCUT2D eigenvalue weighted by Gasteiger charge is 2.16. The van der Waals surface area contributed by atoms with Crippen molar-refractivity contribution in [3.8, 4) is 0 Å². The summed E-state index contributed by atoms with van der Waals surface area (Å²) in [5.41, 5.74) is 0. The molecule has 2 saturated heterocycles. The molecule has 2 fully saturated rings. The third-order valence-electron chi connectivity index (χ3n) is 3.82. The maximum Gasteiger partial charge on any atom is 0.315 e. The Morgan fingerprint density at radius 1 is 1.00 bits per heavy atom. The van der Waals surface area contributed by atoms with E-state index in [4.69, 9.17) is 9.47 Å². The molecule has 0 aromatic carbocycles. The van der Waals surface area contributed by atoms with Crippen molar-refractivity contribution in [3.63, 3.8) is 0 Å². The molecule has 0 atom stereocenters. The van der Waals surface area contributed by atoms with Crippen molar-refractivity contribution in [2.45, 2.75) is 18.9 Å². The third kappa shape index (κ3) is 6.59. The maximum absolute atomic E-state index is 11.7. The highest BCUT2D eigenvalue weighted by Crippen LogP contribution is 2.05. The van der Waals surface area contributed by atoms with Gasteiger partial charge in [0.15, 0.2) is 0 Å². The number of nitrogens with zero attached hydrogens (tertiary/aromatic N) is 1. The van der Waals surface area contributed by atoms with Crippen LogP contribution in [-0.2, 0) is 14.3 Å². The van der Waals surface area contributed by atoms with Crippen molar-refractivity contribution in [2.24, 2.45) is 0 Å². The number of carbonyl (C=O) groups excluding carboxylic acids is 2. The van der Waals surface area contributed by atoms with Gasteiger partial charge in [-0.15, -0.1) is 0 Å². The zero-order valence-corrected chi connectivity index (χ0v) is 12.9. The Morgan fingerprint density at radius 2 is 1.68 bits per heavy atom. The lowest BCUT2D eigenvalue weighted by Crippen LogP contribution is -2.48. The molecule has 2 aliphatic heterocycles. The molecule has 3 N–H and O–H groups in total. The summed E-state index contributed by atoms with van der Waals surface area (Å²) in [5.74, 6) is -0.171. The summed E-state index contributed by atoms with van der Waals surface area (Å²) in [5, 5.41) is 8.24. The van der Waals surface area contributed by atoms with E-state index in [1.54, 1.807) is 0 Å². The summed E-state index contributed by atoms with van der Waals surface area (Å²) < 4.78 is 10.5. The van der Waals surface area contributed by atoms with Gasteiger partial charge in [0.25, 0.3) is 0 Å². The number of carbonyl (C=O) groups is 2. The fourth-order valence-electron chi connectivity index (χ4n) is 2.48. The van der Waals surface area contributed by atoms with E-state index in [0.717, 1.165) is 45.7 Å². The molecule has 2 rings (SSSR count). The zero-order chi connectivity index (χ0) is 15.6. The van der Waals surface area contributed by atoms with Crippen molar-refractivity contribution in [1.82, 2.24) is 20.9 Å². The Bertz CT molecular complexity index is 355. The number of nitrogens with one attached hydrogen (secondary N) is 3. The van der Waals surface area contributed by atoms with Crippen molar-refractivity contribution < 1.29 is 19.1 Å². The number of amides is 3. The fourth-order valence-corrected chi connectivity index (χ4v) is 2.48. The van der Waals surface area contributed by atoms with Crippen LogP contribution in [0.5, 0.6) is 0 Å². The van der Waals surface area contributed by atoms with Gasteiger partial charge < -0.3 is 25.4 Å². The second kappa shape index (κ2) is 9.60. The quantitative estimate of drug-likeness (QED) is 0.580. The smallest absolute Gasteiger partial charge is 0.315 e. The van der Waals surface area contributed by atoms with E-state index in [9.17, 15) is 9.59 Å². The summed E-state index contributed by atoms with van der Waals surface area (Å²) >= 11 is 0. The first-order valence-electron chi connectivity index (χ1n) is 7.93. The van der Waals surface area contributed by atoms with Crippen molar-refractivity contribution in [3.05, 3.63) is 0 Å². The minimum Gasteiger partial charge on any atom is -0.381 e. The average Bonchev–Trinajstić information content (AvgIpc) is 2.55. The number of rotatable bonds is 6. The number of morpholine rings is 1. The van der Waals surface area contributed by atoms with Gasteiger partial charge in [-0.2, -0.15) is 0 Å². The zero-order valence-electron chi connectivity index (χ0n) is 12.9. The number of ether oxygens (including phenoxy) is 2. The van der Waals surface area contributed by atoms with E-state index in [0.29, 0.717) is 19.8 Å². The van der Waals surface area contributed by atoms with E-state index in [-0.39, 0.29) is 24.5 Å². The topological polar surface area (TPSA) is 91.9 Å². The molecule has 0 bridgehead atoms. The minimum atomic E-state index is -0.296. The van der Waals surface area contributed by atoms with Crippen LogP contribution in [0.3, 0.4) is 0 Å². The number of hydrogen-bond acceptors (Lipinski definition) is 5. The summed E-state index contributed by atoms with van der Waals surface area (Å²) in [6.45, 7) is 6.05. The van der Waals surface area contributed by atoms with Crippen LogP contribution in [0, 0.1) is 0 Å². The molecule has 126 valence electrons. The molecule has 0 saturated carbocycles. The van der Waals surface area contributed by atoms with E-state index >= 15 is 0 Å². The highest BCUT2D eigenvalue weighted by atomic mass is 16.5. The van der Waals surface area contributed by atoms with E-state index < -0.39 is 0 Å². The molecule has 2 aliphatic rings. The number of urea groups is 1. The molecular weight excluding hydrogens is 288 g/mol. The van der Waals surface area contributed by atoms with E-state index in [2.05, 4.69) is 20.9 Å². The largest absolute Gasteiger partial charge is 0.381 e. The molecule has 0 aromatic rings. The monoisotopic (exact) mass is 314 g/mol. The van der Waals surface area contributed by atoms with Crippen LogP contribution in [0.25, 0.3) is 0 Å². The normalized spacial score (nSPS) is 20.4. The van der Waals surface area contributed by atoms with Gasteiger partial charge in [0.05, 0.1) is 19.8 Å². The molecule has 0 aromatic heterocycles. The lowest BCUT2D eigenvalue weighted by atomic mass is 10.1. The molecule has 8 nitrogen and oxygen atoms in total. The maximum atomic E-state index is 11.7. The Balaban J connectivity index is 1.50. The first-order valence-corrected chi connectivity index (χ1v) is 7.93. The standard InChI is InChI=1S/C14H26N4O4/c19-13(15-3-4-18-5-9-22-10-6-18)11-16-14(20)17-12-1-7-21-8-2-12/h12H,1-11H2,(H,15,19)(H2,16,17,20). The van der Waals surface area contributed by atoms with Gasteiger partial charge in [0, 0.05) is 45.4 Å². The minimum absolute atomic E-state index is 0.00182. The number of hydrogen-bond donors (Lipinski definition) is 3. The van der Waals surface area contributed by atoms with Gasteiger partial charge >= 0.3 is 6.03 Å². The summed E-state index contributed by atoms with van der Waals surface area (Å²) in [4.78, 5) is 25.6. The van der Waals surface area contributed by atoms with Crippen LogP contribution < -0.4 is 16.0 Å². The Hall–Kier alpha value is -1.38. The van der Waals surface area contributed by atoms with Crippen LogP contribution in [0.1, 0.15) is 12.8 Å². The van der Waals surface area contributed by atoms with Crippen LogP contribution >= 0.6 is 0 Å². The van der Waals surface area contributed by atoms with Gasteiger partial charge in [-0.3, -0.25) is 9.69 Å². The van der Waals surface area contributed by atoms with E-state index in [1.165, 1.54) is 0 Å². The SMILES string of the molecule is O=C(CNC(=O)NC1CCOCC1)NCCN1CCOCC1. The second-order valence-corrected chi connectivity index (χ2v) is 5.52. The van der Waals surface area contributed by atoms with Gasteiger partial charge in [-0.05, 0) is 12.8 Å². The molecule has 2 heterocycles. The lowest BCUT2D eigenvalue weighted by molar-refractivity contribution is -0.120. The van der Waals surface area contributed by atoms with Gasteiger partial charge in [0.2, 0.25) is 5.91 Å². The Morgan fingerprint density at radius 3 is 2.41 bits per heavy atom. The Labute approximate surface area is 130 Å². The molecule has 0 radical (unpaired) electrons. The first kappa shape index (κ1) is 17.0.